The van der Waals surface area contributed by atoms with Crippen LogP contribution in [0.2, 0.25) is 0 Å². The number of nitrogens with two attached hydrogens (primary N) is 2. The standard InChI is InChI=1S/C11H9N7/c12-8-7-10(16-11(13)14-8)15-9(18-17-7)6-4-2-1-3-5-6/h1-5H,(H4,12,13,14,15,16,18). The van der Waals surface area contributed by atoms with Gasteiger partial charge in [-0.3, -0.25) is 0 Å². The topological polar surface area (TPSA) is 116 Å². The van der Waals surface area contributed by atoms with Gasteiger partial charge in [-0.1, -0.05) is 30.3 Å². The minimum Gasteiger partial charge on any atom is -0.382 e. The summed E-state index contributed by atoms with van der Waals surface area (Å²) in [7, 11) is 0. The molecule has 0 saturated carbocycles. The second kappa shape index (κ2) is 3.88. The Hall–Kier alpha value is -2.83. The molecule has 1 aromatic carbocycles. The number of anilines is 2. The van der Waals surface area contributed by atoms with Crippen LogP contribution in [0.4, 0.5) is 11.8 Å². The summed E-state index contributed by atoms with van der Waals surface area (Å²) in [5, 5.41) is 7.99. The van der Waals surface area contributed by atoms with Gasteiger partial charge in [0.25, 0.3) is 0 Å². The zero-order chi connectivity index (χ0) is 12.5. The first-order valence-corrected chi connectivity index (χ1v) is 5.23. The van der Waals surface area contributed by atoms with Gasteiger partial charge < -0.3 is 11.5 Å². The second-order valence-corrected chi connectivity index (χ2v) is 3.64. The van der Waals surface area contributed by atoms with E-state index < -0.39 is 0 Å². The van der Waals surface area contributed by atoms with Crippen LogP contribution in [0.1, 0.15) is 0 Å². The molecule has 3 aromatic rings. The Morgan fingerprint density at radius 1 is 0.833 bits per heavy atom. The van der Waals surface area contributed by atoms with Gasteiger partial charge in [0, 0.05) is 5.56 Å². The lowest BCUT2D eigenvalue weighted by atomic mass is 10.2. The number of benzene rings is 1. The van der Waals surface area contributed by atoms with Crippen molar-refractivity contribution >= 4 is 22.9 Å². The molecule has 7 nitrogen and oxygen atoms in total. The van der Waals surface area contributed by atoms with Gasteiger partial charge in [-0.05, 0) is 0 Å². The van der Waals surface area contributed by atoms with E-state index in [4.69, 9.17) is 11.5 Å². The molecule has 4 N–H and O–H groups in total. The largest absolute Gasteiger partial charge is 0.382 e. The molecule has 2 heterocycles. The van der Waals surface area contributed by atoms with E-state index in [-0.39, 0.29) is 11.8 Å². The van der Waals surface area contributed by atoms with Crippen molar-refractivity contribution < 1.29 is 0 Å². The van der Waals surface area contributed by atoms with Crippen LogP contribution in [-0.2, 0) is 0 Å². The van der Waals surface area contributed by atoms with Gasteiger partial charge in [0.05, 0.1) is 0 Å². The normalized spacial score (nSPS) is 10.7. The maximum absolute atomic E-state index is 5.67. The smallest absolute Gasteiger partial charge is 0.224 e. The Bertz CT molecular complexity index is 711. The summed E-state index contributed by atoms with van der Waals surface area (Å²) >= 11 is 0. The second-order valence-electron chi connectivity index (χ2n) is 3.64. The number of hydrogen-bond donors (Lipinski definition) is 2. The molecular formula is C11H9N7. The summed E-state index contributed by atoms with van der Waals surface area (Å²) in [6.45, 7) is 0. The predicted molar refractivity (Wildman–Crippen MR) is 67.2 cm³/mol. The summed E-state index contributed by atoms with van der Waals surface area (Å²) < 4.78 is 0. The molecule has 0 fully saturated rings. The predicted octanol–water partition coefficient (Wildman–Crippen LogP) is 0.646. The molecule has 0 aliphatic heterocycles. The average molecular weight is 239 g/mol. The van der Waals surface area contributed by atoms with Crippen LogP contribution in [-0.4, -0.2) is 25.1 Å². The van der Waals surface area contributed by atoms with Crippen molar-refractivity contribution in [1.82, 2.24) is 25.1 Å². The summed E-state index contributed by atoms with van der Waals surface area (Å²) in [6, 6.07) is 9.47. The van der Waals surface area contributed by atoms with E-state index >= 15 is 0 Å². The van der Waals surface area contributed by atoms with Crippen LogP contribution in [0.15, 0.2) is 30.3 Å². The van der Waals surface area contributed by atoms with Gasteiger partial charge in [0.2, 0.25) is 5.95 Å². The lowest BCUT2D eigenvalue weighted by Gasteiger charge is -2.02. The van der Waals surface area contributed by atoms with Gasteiger partial charge in [-0.25, -0.2) is 4.98 Å². The zero-order valence-corrected chi connectivity index (χ0v) is 9.28. The molecular weight excluding hydrogens is 230 g/mol. The fourth-order valence-electron chi connectivity index (χ4n) is 1.58. The highest BCUT2D eigenvalue weighted by Crippen LogP contribution is 2.18. The van der Waals surface area contributed by atoms with Gasteiger partial charge in [0.15, 0.2) is 22.8 Å². The number of nitrogens with zero attached hydrogens (tertiary/aromatic N) is 5. The molecule has 0 spiro atoms. The van der Waals surface area contributed by atoms with E-state index in [0.717, 1.165) is 5.56 Å². The molecule has 0 unspecified atom stereocenters. The van der Waals surface area contributed by atoms with Gasteiger partial charge >= 0.3 is 0 Å². The van der Waals surface area contributed by atoms with E-state index in [1.165, 1.54) is 0 Å². The fourth-order valence-corrected chi connectivity index (χ4v) is 1.58. The molecule has 0 aliphatic rings. The molecule has 0 radical (unpaired) electrons. The SMILES string of the molecule is Nc1nc(N)c2nnc(-c3ccccc3)nc2n1. The quantitative estimate of drug-likeness (QED) is 0.640. The van der Waals surface area contributed by atoms with Crippen LogP contribution >= 0.6 is 0 Å². The molecule has 0 amide bonds. The molecule has 7 heteroatoms. The molecule has 3 rings (SSSR count). The fraction of sp³-hybridized carbons (Fsp3) is 0. The Balaban J connectivity index is 2.23. The number of rotatable bonds is 1. The monoisotopic (exact) mass is 239 g/mol. The number of nitrogen functional groups attached to an aromatic ring is 2. The Morgan fingerprint density at radius 3 is 2.39 bits per heavy atom. The van der Waals surface area contributed by atoms with E-state index in [1.54, 1.807) is 0 Å². The maximum Gasteiger partial charge on any atom is 0.224 e. The first kappa shape index (κ1) is 10.3. The van der Waals surface area contributed by atoms with Crippen LogP contribution in [0.3, 0.4) is 0 Å². The molecule has 0 bridgehead atoms. The van der Waals surface area contributed by atoms with Gasteiger partial charge in [-0.15, -0.1) is 10.2 Å². The molecule has 18 heavy (non-hydrogen) atoms. The lowest BCUT2D eigenvalue weighted by Crippen LogP contribution is -2.05. The van der Waals surface area contributed by atoms with Crippen molar-refractivity contribution in [3.8, 4) is 11.4 Å². The van der Waals surface area contributed by atoms with Gasteiger partial charge in [-0.2, -0.15) is 9.97 Å². The van der Waals surface area contributed by atoms with Crippen LogP contribution < -0.4 is 11.5 Å². The van der Waals surface area contributed by atoms with E-state index in [1.807, 2.05) is 30.3 Å². The number of fused-ring (bicyclic) bond motifs is 1. The molecule has 0 aliphatic carbocycles. The molecule has 2 aromatic heterocycles. The van der Waals surface area contributed by atoms with E-state index in [2.05, 4.69) is 25.1 Å². The molecule has 0 atom stereocenters. The Labute approximate surface area is 102 Å². The highest BCUT2D eigenvalue weighted by Gasteiger charge is 2.09. The van der Waals surface area contributed by atoms with Crippen molar-refractivity contribution in [3.05, 3.63) is 30.3 Å². The summed E-state index contributed by atoms with van der Waals surface area (Å²) in [4.78, 5) is 12.1. The molecule has 88 valence electrons. The minimum absolute atomic E-state index is 0.0690. The first-order chi connectivity index (χ1) is 8.74. The summed E-state index contributed by atoms with van der Waals surface area (Å²) in [6.07, 6.45) is 0. The Kier molecular flexibility index (Phi) is 2.23. The maximum atomic E-state index is 5.67. The third-order valence-electron chi connectivity index (χ3n) is 2.40. The summed E-state index contributed by atoms with van der Waals surface area (Å²) in [5.74, 6) is 0.720. The van der Waals surface area contributed by atoms with Crippen LogP contribution in [0.5, 0.6) is 0 Å². The average Bonchev–Trinajstić information content (AvgIpc) is 2.39. The first-order valence-electron chi connectivity index (χ1n) is 5.23. The van der Waals surface area contributed by atoms with Gasteiger partial charge in [0.1, 0.15) is 0 Å². The third-order valence-corrected chi connectivity index (χ3v) is 2.40. The van der Waals surface area contributed by atoms with E-state index in [9.17, 15) is 0 Å². The minimum atomic E-state index is 0.0690. The van der Waals surface area contributed by atoms with Crippen molar-refractivity contribution in [2.45, 2.75) is 0 Å². The highest BCUT2D eigenvalue weighted by atomic mass is 15.2. The summed E-state index contributed by atoms with van der Waals surface area (Å²) in [5.41, 5.74) is 12.7. The van der Waals surface area contributed by atoms with E-state index in [0.29, 0.717) is 17.0 Å². The number of hydrogen-bond acceptors (Lipinski definition) is 7. The third kappa shape index (κ3) is 1.67. The van der Waals surface area contributed by atoms with Crippen molar-refractivity contribution in [2.24, 2.45) is 0 Å². The molecule has 0 saturated heterocycles. The van der Waals surface area contributed by atoms with Crippen molar-refractivity contribution in [2.75, 3.05) is 11.5 Å². The zero-order valence-electron chi connectivity index (χ0n) is 9.28. The lowest BCUT2D eigenvalue weighted by molar-refractivity contribution is 1.01. The van der Waals surface area contributed by atoms with Crippen LogP contribution in [0, 0.1) is 0 Å². The number of aromatic nitrogens is 5. The van der Waals surface area contributed by atoms with Crippen molar-refractivity contribution in [3.63, 3.8) is 0 Å². The van der Waals surface area contributed by atoms with Crippen LogP contribution in [0.25, 0.3) is 22.6 Å². The Morgan fingerprint density at radius 2 is 1.61 bits per heavy atom. The van der Waals surface area contributed by atoms with Crippen molar-refractivity contribution in [1.29, 1.82) is 0 Å². The highest BCUT2D eigenvalue weighted by molar-refractivity contribution is 5.82.